The number of aromatic nitrogens is 3. The van der Waals surface area contributed by atoms with Gasteiger partial charge in [-0.3, -0.25) is 9.88 Å². The molecular weight excluding hydrogens is 385 g/mol. The predicted molar refractivity (Wildman–Crippen MR) is 102 cm³/mol. The van der Waals surface area contributed by atoms with Crippen molar-refractivity contribution < 1.29 is 17.9 Å². The number of halogens is 3. The number of hydrogen-bond acceptors (Lipinski definition) is 7. The van der Waals surface area contributed by atoms with E-state index in [2.05, 4.69) is 29.9 Å². The summed E-state index contributed by atoms with van der Waals surface area (Å²) in [5.41, 5.74) is -0.0775. The smallest absolute Gasteiger partial charge is 0.378 e. The topological polar surface area (TPSA) is 57.6 Å². The molecule has 29 heavy (non-hydrogen) atoms. The van der Waals surface area contributed by atoms with E-state index in [1.807, 2.05) is 12.1 Å². The number of alkyl halides is 3. The SMILES string of the molecule is FC(F)(F)c1ccc(CN2CCN(c3ccc(N4CCOCC4)nn3)CC2)cn1. The van der Waals surface area contributed by atoms with E-state index in [4.69, 9.17) is 4.74 Å². The second-order valence-electron chi connectivity index (χ2n) is 7.16. The number of hydrogen-bond donors (Lipinski definition) is 0. The summed E-state index contributed by atoms with van der Waals surface area (Å²) in [6, 6.07) is 6.52. The van der Waals surface area contributed by atoms with Crippen LogP contribution in [0.2, 0.25) is 0 Å². The lowest BCUT2D eigenvalue weighted by molar-refractivity contribution is -0.141. The summed E-state index contributed by atoms with van der Waals surface area (Å²) in [5.74, 6) is 1.71. The number of rotatable bonds is 4. The van der Waals surface area contributed by atoms with Crippen LogP contribution in [0, 0.1) is 0 Å². The lowest BCUT2D eigenvalue weighted by atomic mass is 10.2. The molecule has 156 valence electrons. The second-order valence-corrected chi connectivity index (χ2v) is 7.16. The fourth-order valence-corrected chi connectivity index (χ4v) is 3.53. The van der Waals surface area contributed by atoms with Gasteiger partial charge < -0.3 is 14.5 Å². The number of nitrogens with zero attached hydrogens (tertiary/aromatic N) is 6. The van der Waals surface area contributed by atoms with Crippen molar-refractivity contribution in [3.8, 4) is 0 Å². The van der Waals surface area contributed by atoms with Crippen LogP contribution in [0.5, 0.6) is 0 Å². The Morgan fingerprint density at radius 3 is 1.97 bits per heavy atom. The fourth-order valence-electron chi connectivity index (χ4n) is 3.53. The highest BCUT2D eigenvalue weighted by Crippen LogP contribution is 2.27. The van der Waals surface area contributed by atoms with Gasteiger partial charge >= 0.3 is 6.18 Å². The Hall–Kier alpha value is -2.46. The first-order valence-electron chi connectivity index (χ1n) is 9.65. The molecule has 0 radical (unpaired) electrons. The third-order valence-corrected chi connectivity index (χ3v) is 5.19. The van der Waals surface area contributed by atoms with Crippen LogP contribution >= 0.6 is 0 Å². The molecule has 0 unspecified atom stereocenters. The minimum Gasteiger partial charge on any atom is -0.378 e. The Morgan fingerprint density at radius 1 is 0.828 bits per heavy atom. The Balaban J connectivity index is 1.29. The molecule has 0 aliphatic carbocycles. The number of anilines is 2. The van der Waals surface area contributed by atoms with Gasteiger partial charge in [0, 0.05) is 52.0 Å². The van der Waals surface area contributed by atoms with Gasteiger partial charge in [0.25, 0.3) is 0 Å². The zero-order valence-electron chi connectivity index (χ0n) is 16.0. The summed E-state index contributed by atoms with van der Waals surface area (Å²) in [5, 5.41) is 8.73. The molecule has 2 fully saturated rings. The number of piperazine rings is 1. The maximum atomic E-state index is 12.6. The second kappa shape index (κ2) is 8.50. The normalized spacial score (nSPS) is 18.9. The van der Waals surface area contributed by atoms with E-state index in [-0.39, 0.29) is 0 Å². The van der Waals surface area contributed by atoms with Crippen LogP contribution in [0.15, 0.2) is 30.5 Å². The predicted octanol–water partition coefficient (Wildman–Crippen LogP) is 2.05. The molecule has 10 heteroatoms. The zero-order chi connectivity index (χ0) is 20.3. The van der Waals surface area contributed by atoms with E-state index in [0.29, 0.717) is 19.8 Å². The van der Waals surface area contributed by atoms with E-state index in [1.54, 1.807) is 0 Å². The summed E-state index contributed by atoms with van der Waals surface area (Å²) in [7, 11) is 0. The molecule has 2 aliphatic heterocycles. The monoisotopic (exact) mass is 408 g/mol. The maximum Gasteiger partial charge on any atom is 0.433 e. The Morgan fingerprint density at radius 2 is 1.45 bits per heavy atom. The quantitative estimate of drug-likeness (QED) is 0.768. The molecule has 0 saturated carbocycles. The average molecular weight is 408 g/mol. The summed E-state index contributed by atoms with van der Waals surface area (Å²) >= 11 is 0. The highest BCUT2D eigenvalue weighted by Gasteiger charge is 2.32. The van der Waals surface area contributed by atoms with Gasteiger partial charge in [-0.05, 0) is 23.8 Å². The van der Waals surface area contributed by atoms with Crippen LogP contribution in [-0.2, 0) is 17.5 Å². The standard InChI is InChI=1S/C19H23F3N6O/c20-19(21,22)16-2-1-15(13-23-16)14-26-5-7-27(8-6-26)17-3-4-18(25-24-17)28-9-11-29-12-10-28/h1-4,13H,5-12,14H2. The molecule has 0 amide bonds. The summed E-state index contributed by atoms with van der Waals surface area (Å²) in [6.45, 7) is 6.83. The zero-order valence-corrected chi connectivity index (χ0v) is 16.0. The lowest BCUT2D eigenvalue weighted by Crippen LogP contribution is -2.46. The molecule has 2 aliphatic rings. The van der Waals surface area contributed by atoms with Crippen LogP contribution in [-0.4, -0.2) is 72.6 Å². The molecule has 4 rings (SSSR count). The van der Waals surface area contributed by atoms with Gasteiger partial charge in [0.05, 0.1) is 13.2 Å². The number of ether oxygens (including phenoxy) is 1. The Bertz CT molecular complexity index is 785. The average Bonchev–Trinajstić information content (AvgIpc) is 2.75. The van der Waals surface area contributed by atoms with Gasteiger partial charge in [0.2, 0.25) is 0 Å². The Kier molecular flexibility index (Phi) is 5.81. The van der Waals surface area contributed by atoms with Crippen molar-refractivity contribution in [3.63, 3.8) is 0 Å². The number of morpholine rings is 1. The van der Waals surface area contributed by atoms with Crippen LogP contribution in [0.4, 0.5) is 24.8 Å². The minimum atomic E-state index is -4.40. The van der Waals surface area contributed by atoms with Crippen LogP contribution in [0.25, 0.3) is 0 Å². The van der Waals surface area contributed by atoms with E-state index in [1.165, 1.54) is 12.3 Å². The first kappa shape index (κ1) is 19.8. The van der Waals surface area contributed by atoms with Gasteiger partial charge in [-0.2, -0.15) is 13.2 Å². The largest absolute Gasteiger partial charge is 0.433 e. The van der Waals surface area contributed by atoms with E-state index in [0.717, 1.165) is 62.5 Å². The third kappa shape index (κ3) is 4.94. The summed E-state index contributed by atoms with van der Waals surface area (Å²) in [6.07, 6.45) is -3.09. The van der Waals surface area contributed by atoms with Gasteiger partial charge in [0.15, 0.2) is 11.6 Å². The highest BCUT2D eigenvalue weighted by atomic mass is 19.4. The highest BCUT2D eigenvalue weighted by molar-refractivity contribution is 5.45. The van der Waals surface area contributed by atoms with Crippen molar-refractivity contribution in [2.24, 2.45) is 0 Å². The van der Waals surface area contributed by atoms with Gasteiger partial charge in [-0.25, -0.2) is 0 Å². The first-order valence-corrected chi connectivity index (χ1v) is 9.65. The molecule has 0 aromatic carbocycles. The van der Waals surface area contributed by atoms with Crippen molar-refractivity contribution in [2.75, 3.05) is 62.3 Å². The maximum absolute atomic E-state index is 12.6. The fraction of sp³-hybridized carbons (Fsp3) is 0.526. The van der Waals surface area contributed by atoms with Crippen molar-refractivity contribution in [2.45, 2.75) is 12.7 Å². The number of pyridine rings is 1. The van der Waals surface area contributed by atoms with Gasteiger partial charge in [0.1, 0.15) is 5.69 Å². The molecular formula is C19H23F3N6O. The first-order chi connectivity index (χ1) is 14.0. The van der Waals surface area contributed by atoms with Crippen molar-refractivity contribution in [1.82, 2.24) is 20.1 Å². The molecule has 0 N–H and O–H groups in total. The molecule has 2 aromatic rings. The molecule has 2 saturated heterocycles. The van der Waals surface area contributed by atoms with Crippen LogP contribution < -0.4 is 9.80 Å². The Labute approximate surface area is 167 Å². The van der Waals surface area contributed by atoms with Crippen molar-refractivity contribution in [3.05, 3.63) is 41.7 Å². The van der Waals surface area contributed by atoms with Gasteiger partial charge in [-0.15, -0.1) is 10.2 Å². The third-order valence-electron chi connectivity index (χ3n) is 5.19. The summed E-state index contributed by atoms with van der Waals surface area (Å²) < 4.78 is 43.2. The van der Waals surface area contributed by atoms with Crippen LogP contribution in [0.3, 0.4) is 0 Å². The molecule has 0 bridgehead atoms. The van der Waals surface area contributed by atoms with Crippen molar-refractivity contribution in [1.29, 1.82) is 0 Å². The molecule has 2 aromatic heterocycles. The van der Waals surface area contributed by atoms with E-state index < -0.39 is 11.9 Å². The molecule has 4 heterocycles. The van der Waals surface area contributed by atoms with E-state index >= 15 is 0 Å². The molecule has 0 spiro atoms. The van der Waals surface area contributed by atoms with Crippen molar-refractivity contribution >= 4 is 11.6 Å². The lowest BCUT2D eigenvalue weighted by Gasteiger charge is -2.35. The van der Waals surface area contributed by atoms with Crippen LogP contribution in [0.1, 0.15) is 11.3 Å². The minimum absolute atomic E-state index is 0.584. The van der Waals surface area contributed by atoms with Gasteiger partial charge in [-0.1, -0.05) is 6.07 Å². The molecule has 7 nitrogen and oxygen atoms in total. The summed E-state index contributed by atoms with van der Waals surface area (Å²) in [4.78, 5) is 10.1. The molecule has 0 atom stereocenters. The van der Waals surface area contributed by atoms with E-state index in [9.17, 15) is 13.2 Å².